The standard InChI is InChI=1S/C22H14BrF3N4O2/c1-12(31)13-4-8-16(9-5-13)27-21(32)18-11-20-28-17(14-2-6-15(23)7-3-14)10-19(22(24,25)26)30(20)29-18/h2-11H,1H3,(H,27,32). The Hall–Kier alpha value is -3.53. The van der Waals surface area contributed by atoms with Crippen molar-refractivity contribution in [3.05, 3.63) is 82.1 Å². The molecule has 0 radical (unpaired) electrons. The van der Waals surface area contributed by atoms with Crippen LogP contribution in [0.3, 0.4) is 0 Å². The van der Waals surface area contributed by atoms with Gasteiger partial charge in [0.2, 0.25) is 0 Å². The summed E-state index contributed by atoms with van der Waals surface area (Å²) in [5, 5.41) is 6.39. The van der Waals surface area contributed by atoms with Crippen LogP contribution in [0, 0.1) is 0 Å². The van der Waals surface area contributed by atoms with Crippen LogP contribution in [-0.2, 0) is 6.18 Å². The number of aromatic nitrogens is 3. The van der Waals surface area contributed by atoms with Crippen molar-refractivity contribution >= 4 is 39.0 Å². The highest BCUT2D eigenvalue weighted by atomic mass is 79.9. The Balaban J connectivity index is 1.72. The van der Waals surface area contributed by atoms with Gasteiger partial charge in [0, 0.05) is 27.4 Å². The molecule has 0 bridgehead atoms. The minimum Gasteiger partial charge on any atom is -0.321 e. The third-order valence-corrected chi connectivity index (χ3v) is 5.17. The Kier molecular flexibility index (Phi) is 5.55. The number of amides is 1. The van der Waals surface area contributed by atoms with Crippen molar-refractivity contribution in [3.8, 4) is 11.3 Å². The van der Waals surface area contributed by atoms with E-state index in [-0.39, 0.29) is 22.8 Å². The Morgan fingerprint density at radius 3 is 2.25 bits per heavy atom. The number of halogens is 4. The van der Waals surface area contributed by atoms with E-state index < -0.39 is 17.8 Å². The van der Waals surface area contributed by atoms with Crippen LogP contribution in [0.5, 0.6) is 0 Å². The van der Waals surface area contributed by atoms with Gasteiger partial charge in [-0.15, -0.1) is 0 Å². The van der Waals surface area contributed by atoms with Gasteiger partial charge in [-0.05, 0) is 49.4 Å². The average molecular weight is 503 g/mol. The summed E-state index contributed by atoms with van der Waals surface area (Å²) in [6.45, 7) is 1.41. The molecule has 2 aromatic carbocycles. The molecule has 6 nitrogen and oxygen atoms in total. The van der Waals surface area contributed by atoms with Crippen molar-refractivity contribution in [1.29, 1.82) is 0 Å². The van der Waals surface area contributed by atoms with E-state index in [1.54, 1.807) is 24.3 Å². The van der Waals surface area contributed by atoms with E-state index in [1.807, 2.05) is 0 Å². The zero-order valence-electron chi connectivity index (χ0n) is 16.4. The molecule has 162 valence electrons. The molecule has 4 rings (SSSR count). The minimum atomic E-state index is -4.71. The molecule has 1 N–H and O–H groups in total. The van der Waals surface area contributed by atoms with E-state index in [4.69, 9.17) is 0 Å². The van der Waals surface area contributed by atoms with Gasteiger partial charge >= 0.3 is 6.18 Å². The van der Waals surface area contributed by atoms with Crippen molar-refractivity contribution in [3.63, 3.8) is 0 Å². The number of ketones is 1. The normalized spacial score (nSPS) is 11.5. The Bertz CT molecular complexity index is 1330. The Labute approximate surface area is 188 Å². The molecule has 0 saturated carbocycles. The number of Topliss-reactive ketones (excluding diaryl/α,β-unsaturated/α-hetero) is 1. The summed E-state index contributed by atoms with van der Waals surface area (Å²) in [5.41, 5.74) is 0.0292. The van der Waals surface area contributed by atoms with Crippen LogP contribution in [-0.4, -0.2) is 26.3 Å². The largest absolute Gasteiger partial charge is 0.433 e. The minimum absolute atomic E-state index is 0.101. The first kappa shape index (κ1) is 21.7. The van der Waals surface area contributed by atoms with Crippen LogP contribution in [0.25, 0.3) is 16.9 Å². The number of benzene rings is 2. The number of carbonyl (C=O) groups excluding carboxylic acids is 2. The molecule has 0 aliphatic carbocycles. The Morgan fingerprint density at radius 1 is 1.00 bits per heavy atom. The molecule has 0 aliphatic rings. The zero-order valence-corrected chi connectivity index (χ0v) is 18.0. The second-order valence-corrected chi connectivity index (χ2v) is 7.83. The number of hydrogen-bond acceptors (Lipinski definition) is 4. The molecule has 2 aromatic heterocycles. The van der Waals surface area contributed by atoms with Crippen molar-refractivity contribution in [2.45, 2.75) is 13.1 Å². The summed E-state index contributed by atoms with van der Waals surface area (Å²) in [6, 6.07) is 14.9. The molecule has 10 heteroatoms. The highest BCUT2D eigenvalue weighted by Crippen LogP contribution is 2.32. The van der Waals surface area contributed by atoms with E-state index >= 15 is 0 Å². The van der Waals surface area contributed by atoms with Crippen LogP contribution in [0.2, 0.25) is 0 Å². The van der Waals surface area contributed by atoms with Gasteiger partial charge in [-0.2, -0.15) is 18.3 Å². The lowest BCUT2D eigenvalue weighted by Gasteiger charge is -2.11. The molecule has 4 aromatic rings. The number of hydrogen-bond donors (Lipinski definition) is 1. The fourth-order valence-corrected chi connectivity index (χ4v) is 3.30. The lowest BCUT2D eigenvalue weighted by atomic mass is 10.1. The predicted molar refractivity (Wildman–Crippen MR) is 116 cm³/mol. The van der Waals surface area contributed by atoms with Crippen molar-refractivity contribution in [2.75, 3.05) is 5.32 Å². The van der Waals surface area contributed by atoms with E-state index in [0.717, 1.165) is 10.5 Å². The monoisotopic (exact) mass is 502 g/mol. The lowest BCUT2D eigenvalue weighted by Crippen LogP contribution is -2.15. The van der Waals surface area contributed by atoms with Gasteiger partial charge in [0.15, 0.2) is 22.8 Å². The smallest absolute Gasteiger partial charge is 0.321 e. The number of nitrogens with zero attached hydrogens (tertiary/aromatic N) is 3. The SMILES string of the molecule is CC(=O)c1ccc(NC(=O)c2cc3nc(-c4ccc(Br)cc4)cc(C(F)(F)F)n3n2)cc1. The van der Waals surface area contributed by atoms with E-state index in [1.165, 1.54) is 37.3 Å². The van der Waals surface area contributed by atoms with Crippen molar-refractivity contribution in [2.24, 2.45) is 0 Å². The third-order valence-electron chi connectivity index (χ3n) is 4.64. The number of rotatable bonds is 4. The van der Waals surface area contributed by atoms with E-state index in [9.17, 15) is 22.8 Å². The van der Waals surface area contributed by atoms with Crippen LogP contribution >= 0.6 is 15.9 Å². The summed E-state index contributed by atoms with van der Waals surface area (Å²) in [4.78, 5) is 28.2. The molecule has 1 amide bonds. The Morgan fingerprint density at radius 2 is 1.66 bits per heavy atom. The van der Waals surface area contributed by atoms with E-state index in [2.05, 4.69) is 31.3 Å². The summed E-state index contributed by atoms with van der Waals surface area (Å²) >= 11 is 3.29. The maximum absolute atomic E-state index is 13.7. The van der Waals surface area contributed by atoms with Crippen LogP contribution in [0.1, 0.15) is 33.5 Å². The van der Waals surface area contributed by atoms with Crippen LogP contribution in [0.15, 0.2) is 65.1 Å². The molecule has 0 atom stereocenters. The first-order valence-corrected chi connectivity index (χ1v) is 10.1. The maximum atomic E-state index is 13.7. The highest BCUT2D eigenvalue weighted by molar-refractivity contribution is 9.10. The van der Waals surface area contributed by atoms with E-state index in [0.29, 0.717) is 21.3 Å². The molecule has 2 heterocycles. The number of anilines is 1. The number of carbonyl (C=O) groups is 2. The average Bonchev–Trinajstić information content (AvgIpc) is 3.17. The fraction of sp³-hybridized carbons (Fsp3) is 0.0909. The summed E-state index contributed by atoms with van der Waals surface area (Å²) < 4.78 is 42.5. The van der Waals surface area contributed by atoms with Gasteiger partial charge < -0.3 is 5.32 Å². The molecule has 0 saturated heterocycles. The molecule has 0 spiro atoms. The molecule has 0 fully saturated rings. The second-order valence-electron chi connectivity index (χ2n) is 6.92. The first-order chi connectivity index (χ1) is 15.1. The van der Waals surface area contributed by atoms with Gasteiger partial charge in [0.25, 0.3) is 5.91 Å². The summed E-state index contributed by atoms with van der Waals surface area (Å²) in [7, 11) is 0. The van der Waals surface area contributed by atoms with Gasteiger partial charge in [-0.25, -0.2) is 9.50 Å². The van der Waals surface area contributed by atoms with Gasteiger partial charge in [0.05, 0.1) is 5.69 Å². The highest BCUT2D eigenvalue weighted by Gasteiger charge is 2.35. The topological polar surface area (TPSA) is 76.4 Å². The molecular formula is C22H14BrF3N4O2. The molecular weight excluding hydrogens is 489 g/mol. The summed E-state index contributed by atoms with van der Waals surface area (Å²) in [6.07, 6.45) is -4.71. The van der Waals surface area contributed by atoms with Gasteiger partial charge in [-0.1, -0.05) is 28.1 Å². The zero-order chi connectivity index (χ0) is 23.0. The maximum Gasteiger partial charge on any atom is 0.433 e. The lowest BCUT2D eigenvalue weighted by molar-refractivity contribution is -0.142. The first-order valence-electron chi connectivity index (χ1n) is 9.28. The molecule has 0 aliphatic heterocycles. The number of fused-ring (bicyclic) bond motifs is 1. The summed E-state index contributed by atoms with van der Waals surface area (Å²) in [5.74, 6) is -0.833. The fourth-order valence-electron chi connectivity index (χ4n) is 3.04. The number of nitrogens with one attached hydrogen (secondary N) is 1. The van der Waals surface area contributed by atoms with Crippen LogP contribution in [0.4, 0.5) is 18.9 Å². The van der Waals surface area contributed by atoms with Crippen LogP contribution < -0.4 is 5.32 Å². The van der Waals surface area contributed by atoms with Crippen molar-refractivity contribution < 1.29 is 22.8 Å². The quantitative estimate of drug-likeness (QED) is 0.366. The van der Waals surface area contributed by atoms with Gasteiger partial charge in [0.1, 0.15) is 0 Å². The third kappa shape index (κ3) is 4.40. The van der Waals surface area contributed by atoms with Crippen molar-refractivity contribution in [1.82, 2.24) is 14.6 Å². The molecule has 0 unspecified atom stereocenters. The van der Waals surface area contributed by atoms with Gasteiger partial charge in [-0.3, -0.25) is 9.59 Å². The molecule has 32 heavy (non-hydrogen) atoms. The number of alkyl halides is 3. The second kappa shape index (κ2) is 8.19. The predicted octanol–water partition coefficient (Wildman–Crippen LogP) is 5.63.